The maximum absolute atomic E-state index is 10.3. The number of aliphatic carboxylic acids is 1. The van der Waals surface area contributed by atoms with Crippen LogP contribution in [0.1, 0.15) is 118 Å². The first-order valence-electron chi connectivity index (χ1n) is 11.7. The number of aliphatic hydroxyl groups is 3. The Hall–Kier alpha value is -0.910. The van der Waals surface area contributed by atoms with Crippen LogP contribution in [0.15, 0.2) is 12.2 Å². The Balaban J connectivity index is -0.000000293. The lowest BCUT2D eigenvalue weighted by Gasteiger charge is -1.99. The molecule has 29 heavy (non-hydrogen) atoms. The maximum atomic E-state index is 10.3. The summed E-state index contributed by atoms with van der Waals surface area (Å²) in [5.74, 6) is -0.664. The van der Waals surface area contributed by atoms with Crippen LogP contribution in [-0.2, 0) is 4.79 Å². The van der Waals surface area contributed by atoms with E-state index in [1.165, 1.54) is 70.6 Å². The summed E-state index contributed by atoms with van der Waals surface area (Å²) in [5.41, 5.74) is 0. The molecule has 0 spiro atoms. The molecule has 5 heteroatoms. The molecule has 0 atom stereocenters. The van der Waals surface area contributed by atoms with Gasteiger partial charge in [0.2, 0.25) is 0 Å². The van der Waals surface area contributed by atoms with E-state index in [1.807, 2.05) is 0 Å². The molecule has 0 aliphatic carbocycles. The molecule has 4 N–H and O–H groups in total. The molecule has 0 radical (unpaired) electrons. The number of carbonyl (C=O) groups is 1. The van der Waals surface area contributed by atoms with E-state index in [4.69, 9.17) is 20.4 Å². The fourth-order valence-electron chi connectivity index (χ4n) is 2.35. The normalized spacial score (nSPS) is 9.62. The third-order valence-corrected chi connectivity index (χ3v) is 3.65. The highest BCUT2D eigenvalue weighted by Gasteiger charge is 1.95. The molecule has 0 aromatic carbocycles. The Labute approximate surface area is 181 Å². The van der Waals surface area contributed by atoms with Crippen LogP contribution in [0, 0.1) is 0 Å². The van der Waals surface area contributed by atoms with E-state index in [0.29, 0.717) is 6.42 Å². The largest absolute Gasteiger partial charge is 0.481 e. The van der Waals surface area contributed by atoms with Crippen molar-refractivity contribution >= 4 is 5.97 Å². The monoisotopic (exact) mass is 420 g/mol. The van der Waals surface area contributed by atoms with Crippen molar-refractivity contribution < 1.29 is 25.2 Å². The second-order valence-corrected chi connectivity index (χ2v) is 6.68. The Bertz CT molecular complexity index is 276. The molecule has 0 rings (SSSR count). The molecule has 0 amide bonds. The highest BCUT2D eigenvalue weighted by Crippen LogP contribution is 2.09. The van der Waals surface area contributed by atoms with Gasteiger partial charge < -0.3 is 20.4 Å². The Morgan fingerprint density at radius 1 is 0.586 bits per heavy atom. The van der Waals surface area contributed by atoms with Crippen LogP contribution in [0.2, 0.25) is 0 Å². The van der Waals surface area contributed by atoms with Crippen LogP contribution in [0.4, 0.5) is 0 Å². The topological polar surface area (TPSA) is 98.0 Å². The second-order valence-electron chi connectivity index (χ2n) is 6.68. The first kappa shape index (κ1) is 35.5. The molecule has 0 aromatic heterocycles. The van der Waals surface area contributed by atoms with Crippen LogP contribution in [0.5, 0.6) is 0 Å². The standard InChI is InChI=1S/C18H34O2.3C2H6O/c1-2-3-4-5-6-7-8-9-10-11-12-13-14-15-16-17-18(19)20;3*1-2-3/h9-10H,2-8,11-17H2,1H3,(H,19,20);3*3H,2H2,1H3/b10-9-;;;. The van der Waals surface area contributed by atoms with Crippen molar-refractivity contribution in [1.82, 2.24) is 0 Å². The van der Waals surface area contributed by atoms with Gasteiger partial charge in [-0.05, 0) is 52.9 Å². The van der Waals surface area contributed by atoms with Gasteiger partial charge in [-0.1, -0.05) is 70.4 Å². The molecule has 0 heterocycles. The minimum Gasteiger partial charge on any atom is -0.481 e. The van der Waals surface area contributed by atoms with Gasteiger partial charge in [0, 0.05) is 26.2 Å². The Morgan fingerprint density at radius 3 is 1.24 bits per heavy atom. The molecule has 178 valence electrons. The van der Waals surface area contributed by atoms with Crippen molar-refractivity contribution in [1.29, 1.82) is 0 Å². The number of hydrogen-bond donors (Lipinski definition) is 4. The third-order valence-electron chi connectivity index (χ3n) is 3.65. The number of unbranched alkanes of at least 4 members (excludes halogenated alkanes) is 11. The average Bonchev–Trinajstić information content (AvgIpc) is 2.66. The number of hydrogen-bond acceptors (Lipinski definition) is 4. The second kappa shape index (κ2) is 41.5. The van der Waals surface area contributed by atoms with E-state index in [0.717, 1.165) is 12.8 Å². The van der Waals surface area contributed by atoms with Crippen molar-refractivity contribution in [2.24, 2.45) is 0 Å². The SMILES string of the molecule is CCCCCCCC/C=C\CCCCCCCC(=O)O.CCO.CCO.CCO. The molecule has 0 saturated heterocycles. The van der Waals surface area contributed by atoms with Crippen LogP contribution >= 0.6 is 0 Å². The molecule has 0 bridgehead atoms. The number of carboxylic acid groups (broad SMARTS) is 1. The van der Waals surface area contributed by atoms with Crippen molar-refractivity contribution in [2.75, 3.05) is 19.8 Å². The molecular weight excluding hydrogens is 368 g/mol. The lowest BCUT2D eigenvalue weighted by Crippen LogP contribution is -1.93. The van der Waals surface area contributed by atoms with E-state index in [2.05, 4.69) is 19.1 Å². The zero-order chi connectivity index (χ0) is 23.0. The van der Waals surface area contributed by atoms with Gasteiger partial charge in [0.05, 0.1) is 0 Å². The summed E-state index contributed by atoms with van der Waals surface area (Å²) in [6.07, 6.45) is 21.2. The number of allylic oxidation sites excluding steroid dienone is 2. The lowest BCUT2D eigenvalue weighted by atomic mass is 10.1. The molecular formula is C24H52O5. The van der Waals surface area contributed by atoms with E-state index >= 15 is 0 Å². The van der Waals surface area contributed by atoms with E-state index in [1.54, 1.807) is 20.8 Å². The van der Waals surface area contributed by atoms with Crippen molar-refractivity contribution in [3.05, 3.63) is 12.2 Å². The van der Waals surface area contributed by atoms with E-state index in [9.17, 15) is 4.79 Å². The van der Waals surface area contributed by atoms with Crippen molar-refractivity contribution in [3.8, 4) is 0 Å². The first-order valence-corrected chi connectivity index (χ1v) is 11.7. The predicted molar refractivity (Wildman–Crippen MR) is 125 cm³/mol. The molecule has 0 fully saturated rings. The summed E-state index contributed by atoms with van der Waals surface area (Å²) < 4.78 is 0. The summed E-state index contributed by atoms with van der Waals surface area (Å²) in [6.45, 7) is 8.05. The smallest absolute Gasteiger partial charge is 0.303 e. The molecule has 0 aliphatic heterocycles. The van der Waals surface area contributed by atoms with Crippen molar-refractivity contribution in [3.63, 3.8) is 0 Å². The number of rotatable bonds is 15. The summed E-state index contributed by atoms with van der Waals surface area (Å²) in [7, 11) is 0. The maximum Gasteiger partial charge on any atom is 0.303 e. The quantitative estimate of drug-likeness (QED) is 0.189. The fraction of sp³-hybridized carbons (Fsp3) is 0.875. The Kier molecular flexibility index (Phi) is 50.8. The van der Waals surface area contributed by atoms with Gasteiger partial charge in [0.1, 0.15) is 0 Å². The van der Waals surface area contributed by atoms with Gasteiger partial charge in [-0.2, -0.15) is 0 Å². The summed E-state index contributed by atoms with van der Waals surface area (Å²) >= 11 is 0. The highest BCUT2D eigenvalue weighted by molar-refractivity contribution is 5.66. The summed E-state index contributed by atoms with van der Waals surface area (Å²) in [5, 5.41) is 31.2. The number of carboxylic acids is 1. The van der Waals surface area contributed by atoms with E-state index < -0.39 is 5.97 Å². The predicted octanol–water partition coefficient (Wildman–Crippen LogP) is 6.10. The Morgan fingerprint density at radius 2 is 0.897 bits per heavy atom. The minimum absolute atomic E-state index is 0.250. The molecule has 0 saturated carbocycles. The van der Waals surface area contributed by atoms with Gasteiger partial charge in [0.25, 0.3) is 0 Å². The van der Waals surface area contributed by atoms with Gasteiger partial charge in [-0.15, -0.1) is 0 Å². The molecule has 0 aliphatic rings. The highest BCUT2D eigenvalue weighted by atomic mass is 16.4. The molecule has 0 aromatic rings. The molecule has 0 unspecified atom stereocenters. The minimum atomic E-state index is -0.664. The first-order chi connectivity index (χ1) is 14.0. The lowest BCUT2D eigenvalue weighted by molar-refractivity contribution is -0.137. The van der Waals surface area contributed by atoms with Crippen LogP contribution in [0.3, 0.4) is 0 Å². The van der Waals surface area contributed by atoms with Crippen LogP contribution < -0.4 is 0 Å². The van der Waals surface area contributed by atoms with Gasteiger partial charge in [0.15, 0.2) is 0 Å². The molecule has 5 nitrogen and oxygen atoms in total. The summed E-state index contributed by atoms with van der Waals surface area (Å²) in [6, 6.07) is 0. The van der Waals surface area contributed by atoms with Gasteiger partial charge in [-0.25, -0.2) is 0 Å². The van der Waals surface area contributed by atoms with Crippen molar-refractivity contribution in [2.45, 2.75) is 118 Å². The van der Waals surface area contributed by atoms with Gasteiger partial charge in [-0.3, -0.25) is 4.79 Å². The summed E-state index contributed by atoms with van der Waals surface area (Å²) in [4.78, 5) is 10.3. The van der Waals surface area contributed by atoms with Crippen LogP contribution in [-0.4, -0.2) is 46.2 Å². The number of aliphatic hydroxyl groups excluding tert-OH is 3. The van der Waals surface area contributed by atoms with Gasteiger partial charge >= 0.3 is 5.97 Å². The zero-order valence-electron chi connectivity index (χ0n) is 19.9. The fourth-order valence-corrected chi connectivity index (χ4v) is 2.35. The third kappa shape index (κ3) is 65.9. The van der Waals surface area contributed by atoms with E-state index in [-0.39, 0.29) is 19.8 Å². The van der Waals surface area contributed by atoms with Crippen LogP contribution in [0.25, 0.3) is 0 Å². The average molecular weight is 421 g/mol. The zero-order valence-corrected chi connectivity index (χ0v) is 19.9.